The molecule has 1 unspecified atom stereocenters. The lowest BCUT2D eigenvalue weighted by molar-refractivity contribution is 0.0594. The zero-order chi connectivity index (χ0) is 22.5. The number of fused-ring (bicyclic) bond motifs is 2. The van der Waals surface area contributed by atoms with Gasteiger partial charge in [-0.2, -0.15) is 4.31 Å². The van der Waals surface area contributed by atoms with E-state index in [9.17, 15) is 32.3 Å². The highest BCUT2D eigenvalue weighted by molar-refractivity contribution is 7.88. The molecule has 2 aromatic rings. The second-order valence-corrected chi connectivity index (χ2v) is 9.56. The van der Waals surface area contributed by atoms with E-state index in [1.807, 2.05) is 0 Å². The molecule has 1 fully saturated rings. The highest BCUT2D eigenvalue weighted by atomic mass is 32.2. The van der Waals surface area contributed by atoms with E-state index in [1.165, 1.54) is 44.2 Å². The summed E-state index contributed by atoms with van der Waals surface area (Å²) in [6, 6.07) is 5.61. The van der Waals surface area contributed by atoms with Gasteiger partial charge in [0.05, 0.1) is 18.4 Å². The third-order valence-corrected chi connectivity index (χ3v) is 6.89. The number of aromatic nitrogens is 1. The molecule has 0 aliphatic carbocycles. The topological polar surface area (TPSA) is 117 Å². The summed E-state index contributed by atoms with van der Waals surface area (Å²) in [7, 11) is -3.58. The number of carbonyl (C=O) groups excluding carboxylic acids is 2. The van der Waals surface area contributed by atoms with Crippen LogP contribution in [0.15, 0.2) is 35.3 Å². The number of nitrogens with zero attached hydrogens (tertiary/aromatic N) is 3. The van der Waals surface area contributed by atoms with Crippen LogP contribution in [0.3, 0.4) is 0 Å². The van der Waals surface area contributed by atoms with Gasteiger partial charge >= 0.3 is 0 Å². The molecule has 1 saturated heterocycles. The summed E-state index contributed by atoms with van der Waals surface area (Å²) < 4.78 is 39.6. The Kier molecular flexibility index (Phi) is 5.18. The number of aryl methyl sites for hydroxylation is 1. The second-order valence-electron chi connectivity index (χ2n) is 7.62. The van der Waals surface area contributed by atoms with Crippen molar-refractivity contribution in [3.05, 3.63) is 63.3 Å². The number of sulfonamides is 1. The van der Waals surface area contributed by atoms with Gasteiger partial charge in [0.25, 0.3) is 5.91 Å². The third kappa shape index (κ3) is 3.74. The van der Waals surface area contributed by atoms with E-state index >= 15 is 0 Å². The molecule has 0 spiro atoms. The van der Waals surface area contributed by atoms with Gasteiger partial charge in [-0.25, -0.2) is 12.8 Å². The number of hydrogen-bond acceptors (Lipinski definition) is 6. The molecule has 1 aromatic carbocycles. The maximum Gasteiger partial charge on any atom is 0.275 e. The molecular weight excluding hydrogens is 429 g/mol. The zero-order valence-electron chi connectivity index (χ0n) is 16.6. The fraction of sp³-hybridized carbons (Fsp3) is 0.350. The second kappa shape index (κ2) is 7.57. The summed E-state index contributed by atoms with van der Waals surface area (Å²) >= 11 is 0. The van der Waals surface area contributed by atoms with Gasteiger partial charge in [-0.3, -0.25) is 14.4 Å². The van der Waals surface area contributed by atoms with Crippen LogP contribution >= 0.6 is 0 Å². The Hall–Kier alpha value is -3.05. The van der Waals surface area contributed by atoms with Crippen molar-refractivity contribution in [1.29, 1.82) is 0 Å². The van der Waals surface area contributed by atoms with Gasteiger partial charge in [-0.05, 0) is 24.1 Å². The van der Waals surface area contributed by atoms with Gasteiger partial charge in [0, 0.05) is 25.7 Å². The number of halogens is 1. The van der Waals surface area contributed by atoms with Crippen molar-refractivity contribution in [3.63, 3.8) is 0 Å². The van der Waals surface area contributed by atoms with E-state index in [2.05, 4.69) is 0 Å². The SMILES string of the molecule is CS(=O)(=O)N1CCN2C(=O)c3c(O)c(=O)c(C(=O)CCc4ccc(F)cc4)cn3CC21. The summed E-state index contributed by atoms with van der Waals surface area (Å²) in [6.07, 6.45) is 1.66. The Labute approximate surface area is 177 Å². The number of pyridine rings is 1. The molecule has 9 nitrogen and oxygen atoms in total. The van der Waals surface area contributed by atoms with E-state index in [1.54, 1.807) is 0 Å². The molecule has 0 bridgehead atoms. The first-order chi connectivity index (χ1) is 14.6. The first-order valence-electron chi connectivity index (χ1n) is 9.60. The van der Waals surface area contributed by atoms with Crippen LogP contribution in [0.4, 0.5) is 4.39 Å². The van der Waals surface area contributed by atoms with Crippen LogP contribution in [0.5, 0.6) is 5.75 Å². The quantitative estimate of drug-likeness (QED) is 0.667. The summed E-state index contributed by atoms with van der Waals surface area (Å²) in [4.78, 5) is 39.4. The van der Waals surface area contributed by atoms with Gasteiger partial charge in [-0.15, -0.1) is 0 Å². The predicted molar refractivity (Wildman–Crippen MR) is 108 cm³/mol. The molecule has 164 valence electrons. The Bertz CT molecular complexity index is 1240. The molecule has 2 aliphatic heterocycles. The van der Waals surface area contributed by atoms with Gasteiger partial charge < -0.3 is 14.6 Å². The Morgan fingerprint density at radius 2 is 1.87 bits per heavy atom. The maximum atomic E-state index is 13.0. The molecule has 1 N–H and O–H groups in total. The van der Waals surface area contributed by atoms with E-state index in [0.717, 1.165) is 6.26 Å². The van der Waals surface area contributed by atoms with Crippen LogP contribution in [-0.2, 0) is 23.0 Å². The monoisotopic (exact) mass is 449 g/mol. The molecule has 2 aliphatic rings. The third-order valence-electron chi connectivity index (χ3n) is 5.61. The minimum absolute atomic E-state index is 0.0137. The van der Waals surface area contributed by atoms with Crippen LogP contribution in [0.25, 0.3) is 0 Å². The number of hydrogen-bond donors (Lipinski definition) is 1. The number of rotatable bonds is 5. The average molecular weight is 449 g/mol. The first kappa shape index (κ1) is 21.2. The lowest BCUT2D eigenvalue weighted by Gasteiger charge is -2.35. The van der Waals surface area contributed by atoms with Crippen LogP contribution in [0.1, 0.15) is 32.8 Å². The smallest absolute Gasteiger partial charge is 0.275 e. The van der Waals surface area contributed by atoms with Crippen LogP contribution in [-0.4, -0.2) is 64.5 Å². The van der Waals surface area contributed by atoms with Crippen molar-refractivity contribution in [2.45, 2.75) is 25.6 Å². The minimum atomic E-state index is -3.58. The lowest BCUT2D eigenvalue weighted by atomic mass is 10.0. The molecule has 1 aromatic heterocycles. The Morgan fingerprint density at radius 3 is 2.52 bits per heavy atom. The van der Waals surface area contributed by atoms with E-state index < -0.39 is 44.9 Å². The van der Waals surface area contributed by atoms with Crippen molar-refractivity contribution < 1.29 is 27.5 Å². The van der Waals surface area contributed by atoms with Crippen LogP contribution < -0.4 is 5.43 Å². The lowest BCUT2D eigenvalue weighted by Crippen LogP contribution is -2.51. The number of benzene rings is 1. The van der Waals surface area contributed by atoms with Crippen molar-refractivity contribution in [3.8, 4) is 5.75 Å². The normalized spacial score (nSPS) is 18.7. The molecule has 1 amide bonds. The van der Waals surface area contributed by atoms with Crippen molar-refractivity contribution in [2.24, 2.45) is 0 Å². The molecule has 31 heavy (non-hydrogen) atoms. The van der Waals surface area contributed by atoms with Crippen molar-refractivity contribution in [2.75, 3.05) is 19.3 Å². The number of ketones is 1. The summed E-state index contributed by atoms with van der Waals surface area (Å²) in [5.74, 6) is -2.43. The van der Waals surface area contributed by atoms with E-state index in [-0.39, 0.29) is 43.7 Å². The fourth-order valence-electron chi connectivity index (χ4n) is 4.05. The highest BCUT2D eigenvalue weighted by Gasteiger charge is 2.45. The molecule has 0 radical (unpaired) electrons. The number of Topliss-reactive ketones (excluding diaryl/α,β-unsaturated/α-hetero) is 1. The van der Waals surface area contributed by atoms with Gasteiger partial charge in [0.2, 0.25) is 15.5 Å². The molecule has 1 atom stereocenters. The zero-order valence-corrected chi connectivity index (χ0v) is 17.4. The maximum absolute atomic E-state index is 13.0. The summed E-state index contributed by atoms with van der Waals surface area (Å²) in [5, 5.41) is 10.4. The van der Waals surface area contributed by atoms with Gasteiger partial charge in [0.15, 0.2) is 17.2 Å². The molecule has 0 saturated carbocycles. The van der Waals surface area contributed by atoms with E-state index in [0.29, 0.717) is 5.56 Å². The summed E-state index contributed by atoms with van der Waals surface area (Å²) in [6.45, 7) is 0.237. The van der Waals surface area contributed by atoms with Gasteiger partial charge in [0.1, 0.15) is 12.0 Å². The largest absolute Gasteiger partial charge is 0.503 e. The van der Waals surface area contributed by atoms with Crippen molar-refractivity contribution in [1.82, 2.24) is 13.8 Å². The van der Waals surface area contributed by atoms with Crippen LogP contribution in [0, 0.1) is 5.82 Å². The standard InChI is InChI=1S/C20H20FN3O6S/c1-31(29,30)24-9-8-23-16(24)11-22-10-14(18(26)19(27)17(22)20(23)28)15(25)7-4-12-2-5-13(21)6-3-12/h2-3,5-6,10,16,27H,4,7-9,11H2,1H3. The molecule has 3 heterocycles. The molecule has 4 rings (SSSR count). The van der Waals surface area contributed by atoms with Crippen molar-refractivity contribution >= 4 is 21.7 Å². The highest BCUT2D eigenvalue weighted by Crippen LogP contribution is 2.29. The molecule has 11 heteroatoms. The fourth-order valence-corrected chi connectivity index (χ4v) is 5.08. The van der Waals surface area contributed by atoms with Crippen LogP contribution in [0.2, 0.25) is 0 Å². The van der Waals surface area contributed by atoms with E-state index in [4.69, 9.17) is 0 Å². The predicted octanol–water partition coefficient (Wildman–Crippen LogP) is 0.566. The summed E-state index contributed by atoms with van der Waals surface area (Å²) in [5.41, 5.74) is -0.779. The Morgan fingerprint density at radius 1 is 1.19 bits per heavy atom. The van der Waals surface area contributed by atoms with Gasteiger partial charge in [-0.1, -0.05) is 12.1 Å². The molecular formula is C20H20FN3O6S. The number of carbonyl (C=O) groups is 2. The average Bonchev–Trinajstić information content (AvgIpc) is 3.14. The first-order valence-corrected chi connectivity index (χ1v) is 11.4. The number of amides is 1. The number of aromatic hydroxyl groups is 1. The minimum Gasteiger partial charge on any atom is -0.503 e. The Balaban J connectivity index is 1.65.